The van der Waals surface area contributed by atoms with E-state index in [4.69, 9.17) is 0 Å². The molecule has 1 rings (SSSR count). The van der Waals surface area contributed by atoms with Crippen LogP contribution < -0.4 is 5.32 Å². The molecule has 0 bridgehead atoms. The maximum absolute atomic E-state index is 4.51. The van der Waals surface area contributed by atoms with Crippen molar-refractivity contribution in [1.29, 1.82) is 0 Å². The Morgan fingerprint density at radius 3 is 2.72 bits per heavy atom. The third kappa shape index (κ3) is 5.93. The van der Waals surface area contributed by atoms with Gasteiger partial charge in [-0.25, -0.2) is 9.97 Å². The van der Waals surface area contributed by atoms with Crippen molar-refractivity contribution in [3.8, 4) is 0 Å². The number of rotatable bonds is 8. The predicted octanol–water partition coefficient (Wildman–Crippen LogP) is 2.67. The topological polar surface area (TPSA) is 41.0 Å². The van der Waals surface area contributed by atoms with Gasteiger partial charge in [-0.3, -0.25) is 0 Å². The lowest BCUT2D eigenvalue weighted by atomic mass is 10.4. The van der Waals surface area contributed by atoms with E-state index in [2.05, 4.69) is 41.2 Å². The summed E-state index contributed by atoms with van der Waals surface area (Å²) in [5.74, 6) is 1.98. The largest absolute Gasteiger partial charge is 0.370 e. The number of nitrogens with one attached hydrogen (secondary N) is 1. The lowest BCUT2D eigenvalue weighted by Gasteiger charge is -2.10. The number of anilines is 1. The van der Waals surface area contributed by atoms with Crippen LogP contribution in [0.1, 0.15) is 13.3 Å². The number of hydrogen-bond donors (Lipinski definition) is 1. The molecule has 0 aliphatic rings. The van der Waals surface area contributed by atoms with E-state index in [1.54, 1.807) is 23.5 Å². The standard InChI is InChI=1S/C12H22N4S2/c1-5-6-13-10-9-11(15-12(14-10)17-4)18-8-7-16(2)3/h9H,5-8H2,1-4H3,(H,13,14,15). The molecule has 1 aromatic rings. The van der Waals surface area contributed by atoms with Gasteiger partial charge in [0.15, 0.2) is 5.16 Å². The van der Waals surface area contributed by atoms with Gasteiger partial charge in [0.25, 0.3) is 0 Å². The highest BCUT2D eigenvalue weighted by atomic mass is 32.2. The molecular weight excluding hydrogens is 264 g/mol. The van der Waals surface area contributed by atoms with Crippen LogP contribution in [0.25, 0.3) is 0 Å². The zero-order chi connectivity index (χ0) is 13.4. The highest BCUT2D eigenvalue weighted by Crippen LogP contribution is 2.21. The highest BCUT2D eigenvalue weighted by molar-refractivity contribution is 7.99. The molecule has 1 N–H and O–H groups in total. The van der Waals surface area contributed by atoms with Crippen LogP contribution >= 0.6 is 23.5 Å². The summed E-state index contributed by atoms with van der Waals surface area (Å²) in [5, 5.41) is 5.21. The summed E-state index contributed by atoms with van der Waals surface area (Å²) in [4.78, 5) is 11.1. The van der Waals surface area contributed by atoms with Crippen LogP contribution in [0.4, 0.5) is 5.82 Å². The zero-order valence-electron chi connectivity index (χ0n) is 11.6. The molecule has 0 amide bonds. The van der Waals surface area contributed by atoms with Gasteiger partial charge in [-0.05, 0) is 26.8 Å². The molecular formula is C12H22N4S2. The number of nitrogens with zero attached hydrogens (tertiary/aromatic N) is 3. The molecule has 0 aromatic carbocycles. The molecule has 102 valence electrons. The summed E-state index contributed by atoms with van der Waals surface area (Å²) in [6.07, 6.45) is 3.11. The Kier molecular flexibility index (Phi) is 7.46. The monoisotopic (exact) mass is 286 g/mol. The van der Waals surface area contributed by atoms with Crippen LogP contribution in [0.3, 0.4) is 0 Å². The van der Waals surface area contributed by atoms with E-state index in [0.29, 0.717) is 0 Å². The van der Waals surface area contributed by atoms with Gasteiger partial charge in [-0.15, -0.1) is 11.8 Å². The first-order valence-corrected chi connectivity index (χ1v) is 8.31. The lowest BCUT2D eigenvalue weighted by Crippen LogP contribution is -2.14. The molecule has 0 aliphatic heterocycles. The summed E-state index contributed by atoms with van der Waals surface area (Å²) in [6.45, 7) is 4.16. The zero-order valence-corrected chi connectivity index (χ0v) is 13.2. The normalized spacial score (nSPS) is 10.9. The van der Waals surface area contributed by atoms with Gasteiger partial charge in [0.2, 0.25) is 0 Å². The van der Waals surface area contributed by atoms with Crippen LogP contribution in [-0.4, -0.2) is 54.1 Å². The van der Waals surface area contributed by atoms with E-state index < -0.39 is 0 Å². The minimum Gasteiger partial charge on any atom is -0.370 e. The second-order valence-electron chi connectivity index (χ2n) is 4.16. The van der Waals surface area contributed by atoms with E-state index in [9.17, 15) is 0 Å². The Morgan fingerprint density at radius 2 is 2.11 bits per heavy atom. The average molecular weight is 286 g/mol. The Hall–Kier alpha value is -0.460. The van der Waals surface area contributed by atoms with Gasteiger partial charge in [0.05, 0.1) is 0 Å². The quantitative estimate of drug-likeness (QED) is 0.450. The van der Waals surface area contributed by atoms with Gasteiger partial charge >= 0.3 is 0 Å². The van der Waals surface area contributed by atoms with Crippen LogP contribution in [-0.2, 0) is 0 Å². The maximum atomic E-state index is 4.51. The molecule has 0 saturated carbocycles. The van der Waals surface area contributed by atoms with Crippen molar-refractivity contribution in [2.24, 2.45) is 0 Å². The summed E-state index contributed by atoms with van der Waals surface area (Å²) >= 11 is 3.36. The van der Waals surface area contributed by atoms with Crippen LogP contribution in [0, 0.1) is 0 Å². The SMILES string of the molecule is CCCNc1cc(SCCN(C)C)nc(SC)n1. The molecule has 6 heteroatoms. The number of thioether (sulfide) groups is 2. The van der Waals surface area contributed by atoms with Gasteiger partial charge in [0.1, 0.15) is 10.8 Å². The first-order chi connectivity index (χ1) is 8.65. The first-order valence-electron chi connectivity index (χ1n) is 6.10. The maximum Gasteiger partial charge on any atom is 0.190 e. The average Bonchev–Trinajstić information content (AvgIpc) is 2.35. The molecule has 0 aliphatic carbocycles. The summed E-state index contributed by atoms with van der Waals surface area (Å²) in [7, 11) is 4.17. The molecule has 0 radical (unpaired) electrons. The molecule has 4 nitrogen and oxygen atoms in total. The van der Waals surface area contributed by atoms with Crippen molar-refractivity contribution in [2.45, 2.75) is 23.5 Å². The fourth-order valence-corrected chi connectivity index (χ4v) is 2.69. The molecule has 0 unspecified atom stereocenters. The van der Waals surface area contributed by atoms with Crippen molar-refractivity contribution in [1.82, 2.24) is 14.9 Å². The van der Waals surface area contributed by atoms with Gasteiger partial charge in [-0.2, -0.15) is 0 Å². The van der Waals surface area contributed by atoms with E-state index in [0.717, 1.165) is 41.3 Å². The summed E-state index contributed by atoms with van der Waals surface area (Å²) in [5.41, 5.74) is 0. The van der Waals surface area contributed by atoms with Crippen molar-refractivity contribution >= 4 is 29.3 Å². The van der Waals surface area contributed by atoms with Crippen molar-refractivity contribution in [2.75, 3.05) is 44.5 Å². The minimum atomic E-state index is 0.837. The van der Waals surface area contributed by atoms with E-state index >= 15 is 0 Å². The van der Waals surface area contributed by atoms with Crippen LogP contribution in [0.15, 0.2) is 16.2 Å². The molecule has 0 spiro atoms. The van der Waals surface area contributed by atoms with Crippen LogP contribution in [0.2, 0.25) is 0 Å². The lowest BCUT2D eigenvalue weighted by molar-refractivity contribution is 0.437. The fourth-order valence-electron chi connectivity index (χ4n) is 1.25. The minimum absolute atomic E-state index is 0.837. The van der Waals surface area contributed by atoms with E-state index in [1.165, 1.54) is 0 Å². The van der Waals surface area contributed by atoms with Gasteiger partial charge < -0.3 is 10.2 Å². The fraction of sp³-hybridized carbons (Fsp3) is 0.667. The van der Waals surface area contributed by atoms with Crippen molar-refractivity contribution < 1.29 is 0 Å². The third-order valence-corrected chi connectivity index (χ3v) is 3.65. The number of hydrogen-bond acceptors (Lipinski definition) is 6. The van der Waals surface area contributed by atoms with Gasteiger partial charge in [-0.1, -0.05) is 18.7 Å². The second kappa shape index (κ2) is 8.61. The molecule has 0 saturated heterocycles. The smallest absolute Gasteiger partial charge is 0.190 e. The Labute approximate surface area is 118 Å². The Balaban J connectivity index is 2.64. The molecule has 18 heavy (non-hydrogen) atoms. The number of aromatic nitrogens is 2. The molecule has 0 atom stereocenters. The van der Waals surface area contributed by atoms with E-state index in [-0.39, 0.29) is 0 Å². The summed E-state index contributed by atoms with van der Waals surface area (Å²) < 4.78 is 0. The molecule has 1 heterocycles. The van der Waals surface area contributed by atoms with E-state index in [1.807, 2.05) is 12.3 Å². The predicted molar refractivity (Wildman–Crippen MR) is 81.9 cm³/mol. The first kappa shape index (κ1) is 15.6. The van der Waals surface area contributed by atoms with Crippen LogP contribution in [0.5, 0.6) is 0 Å². The summed E-state index contributed by atoms with van der Waals surface area (Å²) in [6, 6.07) is 2.04. The Bertz CT molecular complexity index is 358. The van der Waals surface area contributed by atoms with Gasteiger partial charge in [0, 0.05) is 24.9 Å². The molecule has 0 fully saturated rings. The van der Waals surface area contributed by atoms with Crippen molar-refractivity contribution in [3.05, 3.63) is 6.07 Å². The Morgan fingerprint density at radius 1 is 1.33 bits per heavy atom. The second-order valence-corrected chi connectivity index (χ2v) is 6.05. The highest BCUT2D eigenvalue weighted by Gasteiger charge is 2.04. The van der Waals surface area contributed by atoms with Crippen molar-refractivity contribution in [3.63, 3.8) is 0 Å². The molecule has 1 aromatic heterocycles. The third-order valence-electron chi connectivity index (χ3n) is 2.21.